The maximum absolute atomic E-state index is 10.6. The Morgan fingerprint density at radius 2 is 2.00 bits per heavy atom. The van der Waals surface area contributed by atoms with E-state index in [9.17, 15) is 5.11 Å². The van der Waals surface area contributed by atoms with E-state index < -0.39 is 5.60 Å². The molecule has 0 aliphatic heterocycles. The Morgan fingerprint density at radius 1 is 1.29 bits per heavy atom. The van der Waals surface area contributed by atoms with Gasteiger partial charge in [0.2, 0.25) is 0 Å². The molecule has 0 aliphatic carbocycles. The standard InChI is InChI=1S/C15H22N4OS/c1-3-9-19-13(10-16)17-18-14(19)21-11-15(2,20)12-7-5-4-6-8-12/h4-8,20H,3,9-11,16H2,1-2H3. The first-order chi connectivity index (χ1) is 10.1. The number of hydrogen-bond donors (Lipinski definition) is 2. The number of thioether (sulfide) groups is 1. The minimum Gasteiger partial charge on any atom is -0.385 e. The zero-order valence-corrected chi connectivity index (χ0v) is 13.3. The van der Waals surface area contributed by atoms with E-state index in [0.29, 0.717) is 12.3 Å². The minimum atomic E-state index is -0.905. The lowest BCUT2D eigenvalue weighted by molar-refractivity contribution is 0.0838. The molecule has 21 heavy (non-hydrogen) atoms. The third-order valence-corrected chi connectivity index (χ3v) is 4.57. The molecule has 1 aromatic heterocycles. The Morgan fingerprint density at radius 3 is 2.62 bits per heavy atom. The molecule has 5 nitrogen and oxygen atoms in total. The van der Waals surface area contributed by atoms with Crippen LogP contribution < -0.4 is 5.73 Å². The molecule has 1 atom stereocenters. The predicted octanol–water partition coefficient (Wildman–Crippen LogP) is 2.15. The lowest BCUT2D eigenvalue weighted by Crippen LogP contribution is -2.24. The zero-order valence-electron chi connectivity index (χ0n) is 12.5. The second kappa shape index (κ2) is 7.06. The van der Waals surface area contributed by atoms with E-state index in [4.69, 9.17) is 5.73 Å². The number of aromatic nitrogens is 3. The van der Waals surface area contributed by atoms with E-state index in [0.717, 1.165) is 29.5 Å². The summed E-state index contributed by atoms with van der Waals surface area (Å²) in [7, 11) is 0. The maximum Gasteiger partial charge on any atom is 0.191 e. The maximum atomic E-state index is 10.6. The summed E-state index contributed by atoms with van der Waals surface area (Å²) in [5.41, 5.74) is 5.68. The molecule has 1 aromatic carbocycles. The van der Waals surface area contributed by atoms with Gasteiger partial charge in [-0.15, -0.1) is 10.2 Å². The van der Waals surface area contributed by atoms with Gasteiger partial charge in [-0.25, -0.2) is 0 Å². The van der Waals surface area contributed by atoms with Crippen LogP contribution >= 0.6 is 11.8 Å². The molecule has 0 saturated heterocycles. The highest BCUT2D eigenvalue weighted by Crippen LogP contribution is 2.28. The molecule has 2 rings (SSSR count). The predicted molar refractivity (Wildman–Crippen MR) is 84.9 cm³/mol. The lowest BCUT2D eigenvalue weighted by Gasteiger charge is -2.23. The van der Waals surface area contributed by atoms with E-state index in [1.807, 2.05) is 41.8 Å². The summed E-state index contributed by atoms with van der Waals surface area (Å²) in [5.74, 6) is 1.31. The van der Waals surface area contributed by atoms with Crippen LogP contribution in [0, 0.1) is 0 Å². The Kier molecular flexibility index (Phi) is 5.39. The van der Waals surface area contributed by atoms with Crippen LogP contribution in [-0.2, 0) is 18.7 Å². The van der Waals surface area contributed by atoms with E-state index in [-0.39, 0.29) is 0 Å². The van der Waals surface area contributed by atoms with Gasteiger partial charge < -0.3 is 15.4 Å². The molecule has 2 aromatic rings. The van der Waals surface area contributed by atoms with Crippen LogP contribution in [0.1, 0.15) is 31.7 Å². The Balaban J connectivity index is 2.11. The minimum absolute atomic E-state index is 0.378. The number of nitrogens with zero attached hydrogens (tertiary/aromatic N) is 3. The van der Waals surface area contributed by atoms with Gasteiger partial charge in [0, 0.05) is 12.3 Å². The summed E-state index contributed by atoms with van der Waals surface area (Å²) in [4.78, 5) is 0. The normalized spacial score (nSPS) is 14.1. The Bertz CT molecular complexity index is 568. The van der Waals surface area contributed by atoms with Crippen molar-refractivity contribution in [2.75, 3.05) is 5.75 Å². The van der Waals surface area contributed by atoms with Crippen LogP contribution in [0.15, 0.2) is 35.5 Å². The van der Waals surface area contributed by atoms with Crippen molar-refractivity contribution in [2.24, 2.45) is 5.73 Å². The van der Waals surface area contributed by atoms with Crippen molar-refractivity contribution in [2.45, 2.75) is 44.1 Å². The topological polar surface area (TPSA) is 77.0 Å². The average Bonchev–Trinajstić information content (AvgIpc) is 2.89. The van der Waals surface area contributed by atoms with Crippen LogP contribution in [0.25, 0.3) is 0 Å². The first kappa shape index (κ1) is 16.0. The number of nitrogens with two attached hydrogens (primary N) is 1. The smallest absolute Gasteiger partial charge is 0.191 e. The van der Waals surface area contributed by atoms with Crippen molar-refractivity contribution in [1.29, 1.82) is 0 Å². The lowest BCUT2D eigenvalue weighted by atomic mass is 9.99. The van der Waals surface area contributed by atoms with Crippen molar-refractivity contribution in [1.82, 2.24) is 14.8 Å². The molecule has 1 heterocycles. The molecular weight excluding hydrogens is 284 g/mol. The molecule has 0 saturated carbocycles. The van der Waals surface area contributed by atoms with E-state index in [1.165, 1.54) is 11.8 Å². The number of rotatable bonds is 7. The van der Waals surface area contributed by atoms with Crippen LogP contribution in [0.5, 0.6) is 0 Å². The zero-order chi connectivity index (χ0) is 15.3. The van der Waals surface area contributed by atoms with Gasteiger partial charge in [0.25, 0.3) is 0 Å². The third kappa shape index (κ3) is 3.84. The van der Waals surface area contributed by atoms with Gasteiger partial charge >= 0.3 is 0 Å². The van der Waals surface area contributed by atoms with Crippen LogP contribution in [0.4, 0.5) is 0 Å². The van der Waals surface area contributed by atoms with Crippen LogP contribution in [-0.4, -0.2) is 25.6 Å². The molecule has 0 amide bonds. The second-order valence-corrected chi connectivity index (χ2v) is 6.13. The fourth-order valence-corrected chi connectivity index (χ4v) is 3.14. The Labute approximate surface area is 129 Å². The van der Waals surface area contributed by atoms with Crippen molar-refractivity contribution < 1.29 is 5.11 Å². The number of benzene rings is 1. The van der Waals surface area contributed by atoms with Crippen molar-refractivity contribution in [3.63, 3.8) is 0 Å². The van der Waals surface area contributed by atoms with Gasteiger partial charge in [-0.3, -0.25) is 0 Å². The molecule has 1 unspecified atom stereocenters. The molecule has 0 aliphatic rings. The summed E-state index contributed by atoms with van der Waals surface area (Å²) in [5, 5.41) is 19.7. The van der Waals surface area contributed by atoms with Crippen LogP contribution in [0.3, 0.4) is 0 Å². The highest BCUT2D eigenvalue weighted by atomic mass is 32.2. The third-order valence-electron chi connectivity index (χ3n) is 3.30. The highest BCUT2D eigenvalue weighted by molar-refractivity contribution is 7.99. The quantitative estimate of drug-likeness (QED) is 0.766. The van der Waals surface area contributed by atoms with Gasteiger partial charge in [-0.2, -0.15) is 0 Å². The van der Waals surface area contributed by atoms with Gasteiger partial charge in [-0.1, -0.05) is 49.0 Å². The first-order valence-corrected chi connectivity index (χ1v) is 8.10. The average molecular weight is 306 g/mol. The monoisotopic (exact) mass is 306 g/mol. The molecule has 3 N–H and O–H groups in total. The first-order valence-electron chi connectivity index (χ1n) is 7.11. The van der Waals surface area contributed by atoms with Gasteiger partial charge in [-0.05, 0) is 18.9 Å². The molecule has 0 bridgehead atoms. The second-order valence-electron chi connectivity index (χ2n) is 5.18. The Hall–Kier alpha value is -1.37. The van der Waals surface area contributed by atoms with E-state index >= 15 is 0 Å². The van der Waals surface area contributed by atoms with Crippen molar-refractivity contribution in [3.05, 3.63) is 41.7 Å². The molecule has 0 radical (unpaired) electrons. The van der Waals surface area contributed by atoms with Crippen molar-refractivity contribution in [3.8, 4) is 0 Å². The fraction of sp³-hybridized carbons (Fsp3) is 0.467. The molecule has 114 valence electrons. The summed E-state index contributed by atoms with van der Waals surface area (Å²) in [6, 6.07) is 9.67. The number of aliphatic hydroxyl groups is 1. The van der Waals surface area contributed by atoms with Gasteiger partial charge in [0.15, 0.2) is 5.16 Å². The van der Waals surface area contributed by atoms with Crippen LogP contribution in [0.2, 0.25) is 0 Å². The van der Waals surface area contributed by atoms with Gasteiger partial charge in [0.1, 0.15) is 5.82 Å². The molecule has 0 fully saturated rings. The summed E-state index contributed by atoms with van der Waals surface area (Å²) >= 11 is 1.51. The van der Waals surface area contributed by atoms with E-state index in [1.54, 1.807) is 0 Å². The summed E-state index contributed by atoms with van der Waals surface area (Å²) in [6.07, 6.45) is 0.994. The molecule has 6 heteroatoms. The highest BCUT2D eigenvalue weighted by Gasteiger charge is 2.24. The molecule has 0 spiro atoms. The number of hydrogen-bond acceptors (Lipinski definition) is 5. The largest absolute Gasteiger partial charge is 0.385 e. The summed E-state index contributed by atoms with van der Waals surface area (Å²) < 4.78 is 2.03. The van der Waals surface area contributed by atoms with E-state index in [2.05, 4.69) is 17.1 Å². The van der Waals surface area contributed by atoms with Gasteiger partial charge in [0.05, 0.1) is 12.1 Å². The fourth-order valence-electron chi connectivity index (χ4n) is 2.11. The molecular formula is C15H22N4OS. The van der Waals surface area contributed by atoms with Crippen molar-refractivity contribution >= 4 is 11.8 Å². The summed E-state index contributed by atoms with van der Waals surface area (Å²) in [6.45, 7) is 5.15. The SMILES string of the molecule is CCCn1c(CN)nnc1SCC(C)(O)c1ccccc1.